The van der Waals surface area contributed by atoms with Crippen molar-refractivity contribution in [3.63, 3.8) is 0 Å². The molecule has 0 aromatic heterocycles. The molecule has 0 amide bonds. The summed E-state index contributed by atoms with van der Waals surface area (Å²) in [6.45, 7) is -0.0944. The number of benzene rings is 2. The van der Waals surface area contributed by atoms with Crippen molar-refractivity contribution < 1.29 is 14.1 Å². The summed E-state index contributed by atoms with van der Waals surface area (Å²) in [5.41, 5.74) is 0.156. The third kappa shape index (κ3) is 3.18. The van der Waals surface area contributed by atoms with Crippen molar-refractivity contribution in [1.29, 1.82) is 0 Å². The fourth-order valence-electron chi connectivity index (χ4n) is 1.57. The molecule has 2 rings (SSSR count). The van der Waals surface area contributed by atoms with Gasteiger partial charge in [0.25, 0.3) is 0 Å². The van der Waals surface area contributed by atoms with Gasteiger partial charge in [0, 0.05) is 27.7 Å². The molecule has 2 aromatic rings. The highest BCUT2D eigenvalue weighted by atomic mass is 35.5. The lowest BCUT2D eigenvalue weighted by Crippen LogP contribution is -2.01. The van der Waals surface area contributed by atoms with Gasteiger partial charge in [-0.25, -0.2) is 4.39 Å². The van der Waals surface area contributed by atoms with Crippen molar-refractivity contribution in [3.05, 3.63) is 67.9 Å². The first kappa shape index (κ1) is 14.6. The number of hydrogen-bond donors (Lipinski definition) is 0. The molecule has 7 heteroatoms. The van der Waals surface area contributed by atoms with Crippen molar-refractivity contribution in [3.8, 4) is 5.75 Å². The van der Waals surface area contributed by atoms with Crippen LogP contribution in [0.2, 0.25) is 10.0 Å². The van der Waals surface area contributed by atoms with E-state index in [1.165, 1.54) is 0 Å². The van der Waals surface area contributed by atoms with Crippen LogP contribution in [0.1, 0.15) is 5.56 Å². The van der Waals surface area contributed by atoms with E-state index in [2.05, 4.69) is 0 Å². The second-order valence-electron chi connectivity index (χ2n) is 3.86. The van der Waals surface area contributed by atoms with Crippen molar-refractivity contribution in [2.75, 3.05) is 0 Å². The Hall–Kier alpha value is -1.85. The number of hydrogen-bond acceptors (Lipinski definition) is 3. The Morgan fingerprint density at radius 3 is 2.45 bits per heavy atom. The fraction of sp³-hybridized carbons (Fsp3) is 0.0769. The van der Waals surface area contributed by atoms with Gasteiger partial charge in [0.15, 0.2) is 5.75 Å². The van der Waals surface area contributed by atoms with Crippen LogP contribution in [0.3, 0.4) is 0 Å². The SMILES string of the molecule is O=[N+]([O-])c1ccc(F)cc1OCc1c(Cl)cccc1Cl. The molecule has 0 saturated heterocycles. The van der Waals surface area contributed by atoms with E-state index in [1.54, 1.807) is 18.2 Å². The lowest BCUT2D eigenvalue weighted by atomic mass is 10.2. The zero-order valence-corrected chi connectivity index (χ0v) is 11.5. The summed E-state index contributed by atoms with van der Waals surface area (Å²) in [6, 6.07) is 7.88. The summed E-state index contributed by atoms with van der Waals surface area (Å²) in [6.07, 6.45) is 0. The van der Waals surface area contributed by atoms with Crippen molar-refractivity contribution >= 4 is 28.9 Å². The van der Waals surface area contributed by atoms with Gasteiger partial charge in [0.05, 0.1) is 4.92 Å². The Bertz CT molecular complexity index is 644. The van der Waals surface area contributed by atoms with Gasteiger partial charge in [-0.15, -0.1) is 0 Å². The predicted octanol–water partition coefficient (Wildman–Crippen LogP) is 4.62. The maximum atomic E-state index is 13.1. The molecule has 0 fully saturated rings. The van der Waals surface area contributed by atoms with E-state index in [9.17, 15) is 14.5 Å². The minimum Gasteiger partial charge on any atom is -0.482 e. The molecule has 0 heterocycles. The third-order valence-corrected chi connectivity index (χ3v) is 3.26. The fourth-order valence-corrected chi connectivity index (χ4v) is 2.08. The molecule has 0 unspecified atom stereocenters. The average Bonchev–Trinajstić information content (AvgIpc) is 2.37. The standard InChI is InChI=1S/C13H8Cl2FNO3/c14-10-2-1-3-11(15)9(10)7-20-13-6-8(16)4-5-12(13)17(18)19/h1-6H,7H2. The average molecular weight is 316 g/mol. The Kier molecular flexibility index (Phi) is 4.42. The lowest BCUT2D eigenvalue weighted by Gasteiger charge is -2.09. The van der Waals surface area contributed by atoms with Crippen LogP contribution in [0.25, 0.3) is 0 Å². The first-order valence-corrected chi connectivity index (χ1v) is 6.24. The first-order valence-electron chi connectivity index (χ1n) is 5.48. The molecular formula is C13H8Cl2FNO3. The lowest BCUT2D eigenvalue weighted by molar-refractivity contribution is -0.386. The zero-order valence-electron chi connectivity index (χ0n) is 9.98. The molecule has 0 aliphatic heterocycles. The molecule has 0 radical (unpaired) electrons. The van der Waals surface area contributed by atoms with Crippen LogP contribution in [0, 0.1) is 15.9 Å². The second kappa shape index (κ2) is 6.07. The van der Waals surface area contributed by atoms with E-state index < -0.39 is 10.7 Å². The normalized spacial score (nSPS) is 10.3. The molecule has 0 aliphatic rings. The van der Waals surface area contributed by atoms with Crippen LogP contribution in [0.15, 0.2) is 36.4 Å². The summed E-state index contributed by atoms with van der Waals surface area (Å²) >= 11 is 11.9. The van der Waals surface area contributed by atoms with Crippen LogP contribution >= 0.6 is 23.2 Å². The highest BCUT2D eigenvalue weighted by Crippen LogP contribution is 2.30. The highest BCUT2D eigenvalue weighted by molar-refractivity contribution is 6.35. The van der Waals surface area contributed by atoms with E-state index in [1.807, 2.05) is 0 Å². The molecule has 0 N–H and O–H groups in total. The maximum absolute atomic E-state index is 13.1. The van der Waals surface area contributed by atoms with Gasteiger partial charge in [-0.2, -0.15) is 0 Å². The third-order valence-electron chi connectivity index (χ3n) is 2.55. The van der Waals surface area contributed by atoms with E-state index in [-0.39, 0.29) is 18.0 Å². The van der Waals surface area contributed by atoms with Gasteiger partial charge in [-0.1, -0.05) is 29.3 Å². The zero-order chi connectivity index (χ0) is 14.7. The van der Waals surface area contributed by atoms with Crippen LogP contribution < -0.4 is 4.74 Å². The van der Waals surface area contributed by atoms with Gasteiger partial charge in [0.2, 0.25) is 0 Å². The van der Waals surface area contributed by atoms with Gasteiger partial charge in [0.1, 0.15) is 12.4 Å². The topological polar surface area (TPSA) is 52.4 Å². The van der Waals surface area contributed by atoms with Crippen LogP contribution in [-0.4, -0.2) is 4.92 Å². The summed E-state index contributed by atoms with van der Waals surface area (Å²) in [7, 11) is 0. The quantitative estimate of drug-likeness (QED) is 0.611. The molecule has 0 bridgehead atoms. The van der Waals surface area contributed by atoms with E-state index in [0.717, 1.165) is 18.2 Å². The molecule has 0 atom stereocenters. The van der Waals surface area contributed by atoms with Crippen molar-refractivity contribution in [1.82, 2.24) is 0 Å². The minimum absolute atomic E-state index is 0.0944. The van der Waals surface area contributed by atoms with Crippen LogP contribution in [0.4, 0.5) is 10.1 Å². The van der Waals surface area contributed by atoms with Crippen molar-refractivity contribution in [2.45, 2.75) is 6.61 Å². The molecule has 104 valence electrons. The van der Waals surface area contributed by atoms with Crippen LogP contribution in [-0.2, 0) is 6.61 Å². The number of nitro groups is 1. The second-order valence-corrected chi connectivity index (χ2v) is 4.67. The molecule has 0 saturated carbocycles. The molecular weight excluding hydrogens is 308 g/mol. The van der Waals surface area contributed by atoms with Crippen LogP contribution in [0.5, 0.6) is 5.75 Å². The maximum Gasteiger partial charge on any atom is 0.311 e. The molecule has 20 heavy (non-hydrogen) atoms. The van der Waals surface area contributed by atoms with E-state index in [4.69, 9.17) is 27.9 Å². The molecule has 0 aliphatic carbocycles. The molecule has 4 nitrogen and oxygen atoms in total. The number of nitrogens with zero attached hydrogens (tertiary/aromatic N) is 1. The number of nitro benzene ring substituents is 1. The Morgan fingerprint density at radius 2 is 1.85 bits per heavy atom. The van der Waals surface area contributed by atoms with Crippen molar-refractivity contribution in [2.24, 2.45) is 0 Å². The Balaban J connectivity index is 2.27. The van der Waals surface area contributed by atoms with Gasteiger partial charge < -0.3 is 4.74 Å². The van der Waals surface area contributed by atoms with Gasteiger partial charge in [-0.3, -0.25) is 10.1 Å². The summed E-state index contributed by atoms with van der Waals surface area (Å²) < 4.78 is 18.4. The minimum atomic E-state index is -0.650. The Labute approximate surface area is 123 Å². The highest BCUT2D eigenvalue weighted by Gasteiger charge is 2.17. The number of halogens is 3. The number of rotatable bonds is 4. The molecule has 2 aromatic carbocycles. The van der Waals surface area contributed by atoms with E-state index in [0.29, 0.717) is 15.6 Å². The monoisotopic (exact) mass is 315 g/mol. The number of ether oxygens (including phenoxy) is 1. The Morgan fingerprint density at radius 1 is 1.20 bits per heavy atom. The predicted molar refractivity (Wildman–Crippen MR) is 73.8 cm³/mol. The molecule has 0 spiro atoms. The van der Waals surface area contributed by atoms with Gasteiger partial charge in [-0.05, 0) is 18.2 Å². The van der Waals surface area contributed by atoms with Gasteiger partial charge >= 0.3 is 5.69 Å². The smallest absolute Gasteiger partial charge is 0.311 e. The van der Waals surface area contributed by atoms with E-state index >= 15 is 0 Å². The summed E-state index contributed by atoms with van der Waals surface area (Å²) in [4.78, 5) is 10.2. The summed E-state index contributed by atoms with van der Waals surface area (Å²) in [5, 5.41) is 11.6. The first-order chi connectivity index (χ1) is 9.49. The largest absolute Gasteiger partial charge is 0.482 e. The summed E-state index contributed by atoms with van der Waals surface area (Å²) in [5.74, 6) is -0.804.